The van der Waals surface area contributed by atoms with Crippen molar-refractivity contribution in [2.45, 2.75) is 30.7 Å². The summed E-state index contributed by atoms with van der Waals surface area (Å²) in [7, 11) is 0. The number of ether oxygens (including phenoxy) is 2. The Hall–Kier alpha value is -2.38. The highest BCUT2D eigenvalue weighted by molar-refractivity contribution is 5.53. The third-order valence-corrected chi connectivity index (χ3v) is 3.44. The zero-order chi connectivity index (χ0) is 18.0. The van der Waals surface area contributed by atoms with Crippen LogP contribution in [0.1, 0.15) is 0 Å². The second-order valence-corrected chi connectivity index (χ2v) is 4.98. The molecule has 0 radical (unpaired) electrons. The van der Waals surface area contributed by atoms with E-state index in [9.17, 15) is 35.5 Å². The molecular formula is C12H14N2O10. The number of nitrogens with zero attached hydrogens (tertiary/aromatic N) is 2. The normalized spacial score (nSPS) is 29.9. The van der Waals surface area contributed by atoms with Gasteiger partial charge >= 0.3 is 5.69 Å². The van der Waals surface area contributed by atoms with Gasteiger partial charge in [-0.3, -0.25) is 20.2 Å². The first-order valence-corrected chi connectivity index (χ1v) is 6.66. The zero-order valence-electron chi connectivity index (χ0n) is 12.0. The Morgan fingerprint density at radius 1 is 1.08 bits per heavy atom. The molecule has 132 valence electrons. The molecule has 0 aromatic heterocycles. The first-order valence-electron chi connectivity index (χ1n) is 6.66. The van der Waals surface area contributed by atoms with E-state index >= 15 is 0 Å². The number of nitro groups is 2. The van der Waals surface area contributed by atoms with Crippen LogP contribution in [-0.2, 0) is 4.74 Å². The number of aliphatic hydroxyl groups is 4. The van der Waals surface area contributed by atoms with Crippen LogP contribution < -0.4 is 4.74 Å². The summed E-state index contributed by atoms with van der Waals surface area (Å²) in [5, 5.41) is 59.9. The van der Waals surface area contributed by atoms with E-state index < -0.39 is 64.3 Å². The fourth-order valence-electron chi connectivity index (χ4n) is 2.15. The maximum absolute atomic E-state index is 11.0. The number of benzene rings is 1. The standard InChI is InChI=1S/C12H14N2O10/c15-4-8-9(16)10(17)11(18)12(24-8)23-7-2-1-5(13(19)20)3-6(7)14(21)22/h1-3,8-12,15-18H,4H2/t8-,9-,10+,11-,12-/m1/s1. The molecule has 1 aromatic rings. The highest BCUT2D eigenvalue weighted by atomic mass is 16.7. The van der Waals surface area contributed by atoms with Crippen molar-refractivity contribution < 1.29 is 39.7 Å². The smallest absolute Gasteiger partial charge is 0.317 e. The molecule has 1 aliphatic heterocycles. The summed E-state index contributed by atoms with van der Waals surface area (Å²) in [4.78, 5) is 20.0. The number of hydrogen-bond donors (Lipinski definition) is 4. The molecule has 0 amide bonds. The molecule has 12 nitrogen and oxygen atoms in total. The number of hydrogen-bond acceptors (Lipinski definition) is 10. The summed E-state index contributed by atoms with van der Waals surface area (Å²) in [6, 6.07) is 2.56. The van der Waals surface area contributed by atoms with Gasteiger partial charge in [0.2, 0.25) is 12.0 Å². The molecule has 0 saturated carbocycles. The highest BCUT2D eigenvalue weighted by Gasteiger charge is 2.45. The minimum Gasteiger partial charge on any atom is -0.455 e. The Bertz CT molecular complexity index is 636. The Morgan fingerprint density at radius 3 is 2.29 bits per heavy atom. The van der Waals surface area contributed by atoms with Gasteiger partial charge in [-0.25, -0.2) is 0 Å². The Kier molecular flexibility index (Phi) is 5.26. The molecule has 5 atom stereocenters. The lowest BCUT2D eigenvalue weighted by molar-refractivity contribution is -0.395. The Morgan fingerprint density at radius 2 is 1.75 bits per heavy atom. The molecular weight excluding hydrogens is 332 g/mol. The van der Waals surface area contributed by atoms with Gasteiger partial charge in [0, 0.05) is 6.07 Å². The van der Waals surface area contributed by atoms with Crippen molar-refractivity contribution in [2.75, 3.05) is 6.61 Å². The third kappa shape index (κ3) is 3.42. The molecule has 1 saturated heterocycles. The van der Waals surface area contributed by atoms with Crippen molar-refractivity contribution in [3.63, 3.8) is 0 Å². The van der Waals surface area contributed by atoms with Gasteiger partial charge < -0.3 is 29.9 Å². The lowest BCUT2D eigenvalue weighted by Gasteiger charge is -2.39. The number of rotatable bonds is 5. The van der Waals surface area contributed by atoms with Gasteiger partial charge in [-0.05, 0) is 6.07 Å². The largest absolute Gasteiger partial charge is 0.455 e. The second kappa shape index (κ2) is 7.02. The molecule has 0 aliphatic carbocycles. The van der Waals surface area contributed by atoms with Gasteiger partial charge in [-0.15, -0.1) is 0 Å². The number of non-ortho nitro benzene ring substituents is 1. The van der Waals surface area contributed by atoms with Crippen LogP contribution in [-0.4, -0.2) is 67.6 Å². The zero-order valence-corrected chi connectivity index (χ0v) is 12.0. The van der Waals surface area contributed by atoms with Crippen LogP contribution in [0.5, 0.6) is 5.75 Å². The number of nitro benzene ring substituents is 2. The van der Waals surface area contributed by atoms with Gasteiger partial charge in [-0.2, -0.15) is 0 Å². The molecule has 0 spiro atoms. The number of aliphatic hydroxyl groups excluding tert-OH is 4. The molecule has 4 N–H and O–H groups in total. The highest BCUT2D eigenvalue weighted by Crippen LogP contribution is 2.33. The molecule has 2 rings (SSSR count). The fraction of sp³-hybridized carbons (Fsp3) is 0.500. The molecule has 1 aromatic carbocycles. The van der Waals surface area contributed by atoms with Crippen LogP contribution in [0.3, 0.4) is 0 Å². The van der Waals surface area contributed by atoms with E-state index in [0.717, 1.165) is 12.1 Å². The molecule has 0 unspecified atom stereocenters. The third-order valence-electron chi connectivity index (χ3n) is 3.44. The molecule has 24 heavy (non-hydrogen) atoms. The first kappa shape index (κ1) is 18.0. The van der Waals surface area contributed by atoms with E-state index in [4.69, 9.17) is 14.6 Å². The summed E-state index contributed by atoms with van der Waals surface area (Å²) in [5.74, 6) is -0.449. The van der Waals surface area contributed by atoms with E-state index in [0.29, 0.717) is 6.07 Å². The van der Waals surface area contributed by atoms with Gasteiger partial charge in [0.25, 0.3) is 5.69 Å². The lowest BCUT2D eigenvalue weighted by atomic mass is 9.99. The second-order valence-electron chi connectivity index (χ2n) is 4.98. The average molecular weight is 346 g/mol. The van der Waals surface area contributed by atoms with Crippen LogP contribution in [0, 0.1) is 20.2 Å². The van der Waals surface area contributed by atoms with Crippen LogP contribution >= 0.6 is 0 Å². The van der Waals surface area contributed by atoms with Crippen molar-refractivity contribution >= 4 is 11.4 Å². The van der Waals surface area contributed by atoms with E-state index in [-0.39, 0.29) is 0 Å². The fourth-order valence-corrected chi connectivity index (χ4v) is 2.15. The maximum atomic E-state index is 11.0. The van der Waals surface area contributed by atoms with E-state index in [1.54, 1.807) is 0 Å². The van der Waals surface area contributed by atoms with Gasteiger partial charge in [0.05, 0.1) is 22.5 Å². The Balaban J connectivity index is 2.29. The summed E-state index contributed by atoms with van der Waals surface area (Å²) < 4.78 is 10.2. The molecule has 1 fully saturated rings. The topological polar surface area (TPSA) is 186 Å². The maximum Gasteiger partial charge on any atom is 0.317 e. The van der Waals surface area contributed by atoms with Gasteiger partial charge in [0.1, 0.15) is 24.4 Å². The van der Waals surface area contributed by atoms with Crippen molar-refractivity contribution in [3.05, 3.63) is 38.4 Å². The van der Waals surface area contributed by atoms with E-state index in [1.807, 2.05) is 0 Å². The minimum absolute atomic E-state index is 0.449. The molecule has 1 aliphatic rings. The van der Waals surface area contributed by atoms with Crippen LogP contribution in [0.2, 0.25) is 0 Å². The van der Waals surface area contributed by atoms with Gasteiger partial charge in [0.15, 0.2) is 0 Å². The molecule has 0 bridgehead atoms. The van der Waals surface area contributed by atoms with Crippen molar-refractivity contribution in [2.24, 2.45) is 0 Å². The summed E-state index contributed by atoms with van der Waals surface area (Å²) in [6.45, 7) is -0.701. The SMILES string of the molecule is O=[N+]([O-])c1ccc(O[C@@H]2O[C@H](CO)[C@@H](O)[C@H](O)[C@H]2O)c([N+](=O)[O-])c1. The minimum atomic E-state index is -1.77. The van der Waals surface area contributed by atoms with Crippen LogP contribution in [0.25, 0.3) is 0 Å². The quantitative estimate of drug-likeness (QED) is 0.368. The van der Waals surface area contributed by atoms with Crippen molar-refractivity contribution in [1.29, 1.82) is 0 Å². The van der Waals surface area contributed by atoms with Crippen molar-refractivity contribution in [1.82, 2.24) is 0 Å². The lowest BCUT2D eigenvalue weighted by Crippen LogP contribution is -2.60. The predicted molar refractivity (Wildman–Crippen MR) is 74.1 cm³/mol. The summed E-state index contributed by atoms with van der Waals surface area (Å²) in [6.07, 6.45) is -8.00. The monoisotopic (exact) mass is 346 g/mol. The van der Waals surface area contributed by atoms with E-state index in [2.05, 4.69) is 0 Å². The van der Waals surface area contributed by atoms with Gasteiger partial charge in [-0.1, -0.05) is 0 Å². The Labute approximate surface area is 133 Å². The average Bonchev–Trinajstić information content (AvgIpc) is 2.55. The van der Waals surface area contributed by atoms with Crippen LogP contribution in [0.15, 0.2) is 18.2 Å². The van der Waals surface area contributed by atoms with Crippen LogP contribution in [0.4, 0.5) is 11.4 Å². The first-order chi connectivity index (χ1) is 11.3. The van der Waals surface area contributed by atoms with E-state index in [1.165, 1.54) is 0 Å². The molecule has 1 heterocycles. The molecule has 12 heteroatoms. The summed E-state index contributed by atoms with van der Waals surface area (Å²) >= 11 is 0. The summed E-state index contributed by atoms with van der Waals surface area (Å²) in [5.41, 5.74) is -1.29. The predicted octanol–water partition coefficient (Wildman–Crippen LogP) is -1.32. The van der Waals surface area contributed by atoms with Crippen molar-refractivity contribution in [3.8, 4) is 5.75 Å².